The topological polar surface area (TPSA) is 88.4 Å². The molecule has 0 aliphatic heterocycles. The van der Waals surface area contributed by atoms with E-state index in [1.165, 1.54) is 12.8 Å². The minimum atomic E-state index is -2.06. The van der Waals surface area contributed by atoms with E-state index in [0.717, 1.165) is 31.4 Å². The van der Waals surface area contributed by atoms with Gasteiger partial charge in [0.15, 0.2) is 16.6 Å². The number of aliphatic carboxylic acids is 1. The van der Waals surface area contributed by atoms with Crippen molar-refractivity contribution < 1.29 is 24.0 Å². The van der Waals surface area contributed by atoms with Gasteiger partial charge >= 0.3 is 5.97 Å². The SMILES string of the molecule is CCCCC[C@@H](/C=C/[C@H]1[C@H](O[Si](C)(C)C(C)(C)C)C/C(=N\O)[C@@H]1C/C=C\CCCC(=O)O)O[Si](C)(C)C(C)(C)C. The maximum atomic E-state index is 10.8. The van der Waals surface area contributed by atoms with Crippen molar-refractivity contribution >= 4 is 28.3 Å². The molecule has 0 heterocycles. The molecule has 0 aromatic carbocycles. The Morgan fingerprint density at radius 1 is 1.02 bits per heavy atom. The van der Waals surface area contributed by atoms with Gasteiger partial charge in [0.05, 0.1) is 17.9 Å². The summed E-state index contributed by atoms with van der Waals surface area (Å²) in [7, 11) is -4.01. The smallest absolute Gasteiger partial charge is 0.303 e. The monoisotopic (exact) mass is 595 g/mol. The van der Waals surface area contributed by atoms with E-state index >= 15 is 0 Å². The first kappa shape index (κ1) is 36.8. The van der Waals surface area contributed by atoms with E-state index < -0.39 is 22.6 Å². The fraction of sp³-hybridized carbons (Fsp3) is 0.812. The molecule has 0 aromatic heterocycles. The summed E-state index contributed by atoms with van der Waals surface area (Å²) in [5.74, 6) is -0.639. The molecule has 1 fully saturated rings. The fourth-order valence-corrected chi connectivity index (χ4v) is 7.30. The summed E-state index contributed by atoms with van der Waals surface area (Å²) in [6.45, 7) is 25.1. The Morgan fingerprint density at radius 3 is 2.17 bits per heavy atom. The number of hydrogen-bond acceptors (Lipinski definition) is 5. The van der Waals surface area contributed by atoms with Crippen LogP contribution in [-0.2, 0) is 13.6 Å². The highest BCUT2D eigenvalue weighted by molar-refractivity contribution is 6.74. The van der Waals surface area contributed by atoms with E-state index in [1.807, 2.05) is 0 Å². The Hall–Kier alpha value is -1.23. The molecule has 1 aliphatic rings. The lowest BCUT2D eigenvalue weighted by Crippen LogP contribution is -2.45. The zero-order valence-corrected chi connectivity index (χ0v) is 29.5. The molecule has 1 aliphatic carbocycles. The number of oxime groups is 1. The second kappa shape index (κ2) is 15.8. The lowest BCUT2D eigenvalue weighted by atomic mass is 9.89. The third kappa shape index (κ3) is 11.6. The van der Waals surface area contributed by atoms with Gasteiger partial charge in [-0.25, -0.2) is 0 Å². The largest absolute Gasteiger partial charge is 0.481 e. The standard InChI is InChI=1S/C32H61NO5Si2/c1-12-13-16-19-25(37-39(8,9)31(2,3)4)22-23-27-26(20-17-14-15-18-21-30(34)35)28(33-36)24-29(27)38-40(10,11)32(5,6)7/h14,17,22-23,25-27,29,36H,12-13,15-16,18-21,24H2,1-11H3,(H,34,35)/b17-14-,23-22+,33-28+/t25-,26+,27+,29+/m0/s1. The summed E-state index contributed by atoms with van der Waals surface area (Å²) in [6, 6.07) is 0. The van der Waals surface area contributed by atoms with Crippen molar-refractivity contribution in [3.8, 4) is 0 Å². The van der Waals surface area contributed by atoms with Gasteiger partial charge < -0.3 is 19.2 Å². The van der Waals surface area contributed by atoms with Crippen LogP contribution in [0.2, 0.25) is 36.3 Å². The first-order valence-electron chi connectivity index (χ1n) is 15.5. The maximum Gasteiger partial charge on any atom is 0.303 e. The number of carbonyl (C=O) groups is 1. The Bertz CT molecular complexity index is 868. The van der Waals surface area contributed by atoms with Crippen molar-refractivity contribution in [2.75, 3.05) is 0 Å². The van der Waals surface area contributed by atoms with Gasteiger partial charge in [0, 0.05) is 24.7 Å². The van der Waals surface area contributed by atoms with E-state index in [2.05, 4.69) is 104 Å². The number of nitrogens with zero attached hydrogens (tertiary/aromatic N) is 1. The summed E-state index contributed by atoms with van der Waals surface area (Å²) >= 11 is 0. The van der Waals surface area contributed by atoms with Gasteiger partial charge in [-0.2, -0.15) is 0 Å². The Labute approximate surface area is 248 Å². The van der Waals surface area contributed by atoms with Crippen LogP contribution >= 0.6 is 0 Å². The highest BCUT2D eigenvalue weighted by Gasteiger charge is 2.46. The van der Waals surface area contributed by atoms with Crippen molar-refractivity contribution in [2.24, 2.45) is 17.0 Å². The highest BCUT2D eigenvalue weighted by atomic mass is 28.4. The van der Waals surface area contributed by atoms with E-state index in [1.54, 1.807) is 0 Å². The van der Waals surface area contributed by atoms with E-state index in [0.29, 0.717) is 12.8 Å². The number of hydrogen-bond donors (Lipinski definition) is 2. The van der Waals surface area contributed by atoms with Gasteiger partial charge in [0.1, 0.15) is 0 Å². The second-order valence-electron chi connectivity index (χ2n) is 14.7. The van der Waals surface area contributed by atoms with Crippen molar-refractivity contribution in [3.63, 3.8) is 0 Å². The van der Waals surface area contributed by atoms with Crippen LogP contribution in [0, 0.1) is 11.8 Å². The molecule has 0 spiro atoms. The third-order valence-corrected chi connectivity index (χ3v) is 18.3. The molecule has 0 aromatic rings. The van der Waals surface area contributed by atoms with Crippen LogP contribution in [0.25, 0.3) is 0 Å². The van der Waals surface area contributed by atoms with Gasteiger partial charge in [-0.1, -0.05) is 97.2 Å². The molecular formula is C32H61NO5Si2. The lowest BCUT2D eigenvalue weighted by Gasteiger charge is -2.40. The normalized spacial score (nSPS) is 23.1. The number of rotatable bonds is 16. The fourth-order valence-electron chi connectivity index (χ4n) is 4.65. The Kier molecular flexibility index (Phi) is 14.6. The second-order valence-corrected chi connectivity index (χ2v) is 24.2. The summed E-state index contributed by atoms with van der Waals surface area (Å²) in [4.78, 5) is 10.8. The van der Waals surface area contributed by atoms with Crippen LogP contribution in [-0.4, -0.2) is 50.8 Å². The van der Waals surface area contributed by atoms with Crippen LogP contribution in [0.15, 0.2) is 29.5 Å². The van der Waals surface area contributed by atoms with Gasteiger partial charge in [-0.15, -0.1) is 0 Å². The molecule has 1 saturated carbocycles. The zero-order chi connectivity index (χ0) is 30.8. The highest BCUT2D eigenvalue weighted by Crippen LogP contribution is 2.44. The molecule has 0 amide bonds. The molecular weight excluding hydrogens is 535 g/mol. The van der Waals surface area contributed by atoms with E-state index in [9.17, 15) is 10.0 Å². The van der Waals surface area contributed by atoms with Gasteiger partial charge in [0.25, 0.3) is 0 Å². The third-order valence-electron chi connectivity index (χ3n) is 9.32. The number of carboxylic acid groups (broad SMARTS) is 1. The molecule has 0 saturated heterocycles. The van der Waals surface area contributed by atoms with Crippen molar-refractivity contribution in [1.29, 1.82) is 0 Å². The quantitative estimate of drug-likeness (QED) is 0.0610. The minimum Gasteiger partial charge on any atom is -0.481 e. The molecule has 40 heavy (non-hydrogen) atoms. The van der Waals surface area contributed by atoms with Crippen molar-refractivity contribution in [1.82, 2.24) is 0 Å². The van der Waals surface area contributed by atoms with Crippen LogP contribution in [0.1, 0.15) is 106 Å². The molecule has 6 nitrogen and oxygen atoms in total. The van der Waals surface area contributed by atoms with Crippen LogP contribution < -0.4 is 0 Å². The Balaban J connectivity index is 3.32. The van der Waals surface area contributed by atoms with E-state index in [4.69, 9.17) is 14.0 Å². The number of allylic oxidation sites excluding steroid dienone is 2. The van der Waals surface area contributed by atoms with Crippen molar-refractivity contribution in [2.45, 2.75) is 155 Å². The average Bonchev–Trinajstić information content (AvgIpc) is 3.13. The van der Waals surface area contributed by atoms with Crippen molar-refractivity contribution in [3.05, 3.63) is 24.3 Å². The molecule has 0 bridgehead atoms. The molecule has 4 atom stereocenters. The van der Waals surface area contributed by atoms with Crippen LogP contribution in [0.4, 0.5) is 0 Å². The minimum absolute atomic E-state index is 0.0379. The predicted molar refractivity (Wildman–Crippen MR) is 173 cm³/mol. The van der Waals surface area contributed by atoms with Gasteiger partial charge in [-0.3, -0.25) is 4.79 Å². The summed E-state index contributed by atoms with van der Waals surface area (Å²) < 4.78 is 13.9. The molecule has 2 N–H and O–H groups in total. The number of carboxylic acids is 1. The lowest BCUT2D eigenvalue weighted by molar-refractivity contribution is -0.137. The predicted octanol–water partition coefficient (Wildman–Crippen LogP) is 9.57. The number of unbranched alkanes of at least 4 members (excludes halogenated alkanes) is 3. The maximum absolute atomic E-state index is 10.8. The van der Waals surface area contributed by atoms with Crippen LogP contribution in [0.5, 0.6) is 0 Å². The van der Waals surface area contributed by atoms with Gasteiger partial charge in [-0.05, 0) is 61.9 Å². The van der Waals surface area contributed by atoms with Crippen LogP contribution in [0.3, 0.4) is 0 Å². The molecule has 0 unspecified atom stereocenters. The molecule has 8 heteroatoms. The van der Waals surface area contributed by atoms with Gasteiger partial charge in [0.2, 0.25) is 0 Å². The zero-order valence-electron chi connectivity index (χ0n) is 27.5. The summed E-state index contributed by atoms with van der Waals surface area (Å²) in [6.07, 6.45) is 16.2. The average molecular weight is 596 g/mol. The van der Waals surface area contributed by atoms with E-state index in [-0.39, 0.29) is 40.5 Å². The first-order chi connectivity index (χ1) is 18.4. The first-order valence-corrected chi connectivity index (χ1v) is 21.3. The molecule has 1 rings (SSSR count). The summed E-state index contributed by atoms with van der Waals surface area (Å²) in [5, 5.41) is 22.9. The summed E-state index contributed by atoms with van der Waals surface area (Å²) in [5.41, 5.74) is 0.793. The molecule has 0 radical (unpaired) electrons. The molecule has 232 valence electrons. The Morgan fingerprint density at radius 2 is 1.65 bits per heavy atom.